The molecule has 0 atom stereocenters. The number of nitro groups is 1. The zero-order valence-electron chi connectivity index (χ0n) is 11.8. The molecule has 0 aliphatic heterocycles. The summed E-state index contributed by atoms with van der Waals surface area (Å²) in [5, 5.41) is 15.4. The van der Waals surface area contributed by atoms with E-state index in [1.807, 2.05) is 24.3 Å². The van der Waals surface area contributed by atoms with Gasteiger partial charge in [0.1, 0.15) is 5.58 Å². The van der Waals surface area contributed by atoms with E-state index in [1.165, 1.54) is 24.3 Å². The number of non-ortho nitro benzene ring substituents is 1. The monoisotopic (exact) mass is 309 g/mol. The van der Waals surface area contributed by atoms with E-state index in [9.17, 15) is 14.9 Å². The molecule has 0 saturated carbocycles. The molecular formula is C16H11N3O4. The first-order valence-corrected chi connectivity index (χ1v) is 6.71. The standard InChI is InChI=1S/C16H11N3O4/c20-16(12-5-8-13(9-6-12)19(21)22)18-17-15-10-7-11-3-1-2-4-14(11)23-15/h1-10H,(H,18,20)/b17-15+. The van der Waals surface area contributed by atoms with Crippen LogP contribution in [-0.2, 0) is 0 Å². The van der Waals surface area contributed by atoms with Gasteiger partial charge in [0, 0.05) is 29.1 Å². The Balaban J connectivity index is 1.80. The Morgan fingerprint density at radius 1 is 1.04 bits per heavy atom. The van der Waals surface area contributed by atoms with Crippen molar-refractivity contribution in [2.45, 2.75) is 0 Å². The van der Waals surface area contributed by atoms with Crippen molar-refractivity contribution in [3.63, 3.8) is 0 Å². The lowest BCUT2D eigenvalue weighted by Crippen LogP contribution is -2.20. The van der Waals surface area contributed by atoms with Gasteiger partial charge in [-0.05, 0) is 24.3 Å². The highest BCUT2D eigenvalue weighted by molar-refractivity contribution is 5.94. The molecule has 1 aromatic heterocycles. The lowest BCUT2D eigenvalue weighted by Gasteiger charge is -1.99. The van der Waals surface area contributed by atoms with Crippen LogP contribution in [0.15, 0.2) is 70.2 Å². The Morgan fingerprint density at radius 3 is 2.52 bits per heavy atom. The maximum absolute atomic E-state index is 11.9. The maximum Gasteiger partial charge on any atom is 0.271 e. The minimum Gasteiger partial charge on any atom is -0.437 e. The smallest absolute Gasteiger partial charge is 0.271 e. The van der Waals surface area contributed by atoms with E-state index in [1.54, 1.807) is 12.1 Å². The van der Waals surface area contributed by atoms with Crippen LogP contribution in [0.3, 0.4) is 0 Å². The van der Waals surface area contributed by atoms with Gasteiger partial charge in [-0.2, -0.15) is 0 Å². The number of para-hydroxylation sites is 1. The normalized spacial score (nSPS) is 11.4. The zero-order valence-corrected chi connectivity index (χ0v) is 11.8. The SMILES string of the molecule is O=C(N/N=c1\ccc2ccccc2o1)c1ccc([N+](=O)[O-])cc1. The van der Waals surface area contributed by atoms with Gasteiger partial charge in [-0.15, -0.1) is 5.10 Å². The van der Waals surface area contributed by atoms with Gasteiger partial charge in [-0.3, -0.25) is 14.9 Å². The van der Waals surface area contributed by atoms with Crippen LogP contribution in [0.5, 0.6) is 0 Å². The molecule has 0 fully saturated rings. The van der Waals surface area contributed by atoms with Crippen LogP contribution in [0.4, 0.5) is 5.69 Å². The zero-order chi connectivity index (χ0) is 16.2. The number of nitrogens with zero attached hydrogens (tertiary/aromatic N) is 2. The van der Waals surface area contributed by atoms with Gasteiger partial charge in [-0.1, -0.05) is 18.2 Å². The van der Waals surface area contributed by atoms with Crippen molar-refractivity contribution in [3.05, 3.63) is 81.9 Å². The number of amides is 1. The molecule has 1 N–H and O–H groups in total. The summed E-state index contributed by atoms with van der Waals surface area (Å²) in [6.45, 7) is 0. The molecular weight excluding hydrogens is 298 g/mol. The van der Waals surface area contributed by atoms with Crippen LogP contribution in [0.1, 0.15) is 10.4 Å². The molecule has 3 rings (SSSR count). The van der Waals surface area contributed by atoms with E-state index < -0.39 is 10.8 Å². The second kappa shape index (κ2) is 6.10. The van der Waals surface area contributed by atoms with Crippen LogP contribution in [0, 0.1) is 10.1 Å². The Hall–Kier alpha value is -3.48. The van der Waals surface area contributed by atoms with Gasteiger partial charge >= 0.3 is 0 Å². The molecule has 0 aliphatic rings. The first-order chi connectivity index (χ1) is 11.1. The summed E-state index contributed by atoms with van der Waals surface area (Å²) in [6.07, 6.45) is 0. The van der Waals surface area contributed by atoms with Gasteiger partial charge in [0.25, 0.3) is 11.6 Å². The molecule has 2 aromatic carbocycles. The van der Waals surface area contributed by atoms with Crippen LogP contribution in [0.2, 0.25) is 0 Å². The van der Waals surface area contributed by atoms with Crippen molar-refractivity contribution in [2.75, 3.05) is 0 Å². The molecule has 0 aliphatic carbocycles. The topological polar surface area (TPSA) is 97.7 Å². The first kappa shape index (κ1) is 14.5. The van der Waals surface area contributed by atoms with Crippen molar-refractivity contribution in [1.29, 1.82) is 0 Å². The highest BCUT2D eigenvalue weighted by atomic mass is 16.6. The van der Waals surface area contributed by atoms with E-state index in [2.05, 4.69) is 10.5 Å². The van der Waals surface area contributed by atoms with Crippen LogP contribution < -0.4 is 11.0 Å². The summed E-state index contributed by atoms with van der Waals surface area (Å²) in [7, 11) is 0. The predicted octanol–water partition coefficient (Wildman–Crippen LogP) is 2.59. The maximum atomic E-state index is 11.9. The highest BCUT2D eigenvalue weighted by Crippen LogP contribution is 2.12. The van der Waals surface area contributed by atoms with Crippen LogP contribution in [-0.4, -0.2) is 10.8 Å². The fourth-order valence-corrected chi connectivity index (χ4v) is 1.98. The number of nitrogens with one attached hydrogen (secondary N) is 1. The molecule has 0 radical (unpaired) electrons. The van der Waals surface area contributed by atoms with Gasteiger partial charge in [0.2, 0.25) is 5.55 Å². The molecule has 7 nitrogen and oxygen atoms in total. The Labute approximate surface area is 130 Å². The quantitative estimate of drug-likeness (QED) is 0.594. The molecule has 0 bridgehead atoms. The van der Waals surface area contributed by atoms with Crippen LogP contribution >= 0.6 is 0 Å². The van der Waals surface area contributed by atoms with E-state index in [-0.39, 0.29) is 16.8 Å². The van der Waals surface area contributed by atoms with E-state index in [0.717, 1.165) is 5.39 Å². The number of fused-ring (bicyclic) bond motifs is 1. The summed E-state index contributed by atoms with van der Waals surface area (Å²) in [6, 6.07) is 16.1. The Kier molecular flexibility index (Phi) is 3.84. The van der Waals surface area contributed by atoms with Crippen molar-refractivity contribution >= 4 is 22.6 Å². The van der Waals surface area contributed by atoms with Gasteiger partial charge in [0.05, 0.1) is 4.92 Å². The Morgan fingerprint density at radius 2 is 1.78 bits per heavy atom. The molecule has 0 unspecified atom stereocenters. The summed E-state index contributed by atoms with van der Waals surface area (Å²) in [5.41, 5.74) is 3.43. The van der Waals surface area contributed by atoms with E-state index >= 15 is 0 Å². The third-order valence-electron chi connectivity index (χ3n) is 3.15. The first-order valence-electron chi connectivity index (χ1n) is 6.71. The number of nitro benzene ring substituents is 1. The molecule has 0 saturated heterocycles. The van der Waals surface area contributed by atoms with Gasteiger partial charge < -0.3 is 4.42 Å². The fraction of sp³-hybridized carbons (Fsp3) is 0. The van der Waals surface area contributed by atoms with Gasteiger partial charge in [0.15, 0.2) is 0 Å². The number of carbonyl (C=O) groups excluding carboxylic acids is 1. The minimum absolute atomic E-state index is 0.0805. The third kappa shape index (κ3) is 3.24. The molecule has 114 valence electrons. The fourth-order valence-electron chi connectivity index (χ4n) is 1.98. The average Bonchev–Trinajstić information content (AvgIpc) is 2.59. The number of carbonyl (C=O) groups is 1. The summed E-state index contributed by atoms with van der Waals surface area (Å²) >= 11 is 0. The minimum atomic E-state index is -0.528. The second-order valence-corrected chi connectivity index (χ2v) is 4.67. The van der Waals surface area contributed by atoms with Crippen molar-refractivity contribution in [3.8, 4) is 0 Å². The van der Waals surface area contributed by atoms with E-state index in [4.69, 9.17) is 4.42 Å². The second-order valence-electron chi connectivity index (χ2n) is 4.67. The Bertz CT molecular complexity index is 945. The highest BCUT2D eigenvalue weighted by Gasteiger charge is 2.08. The van der Waals surface area contributed by atoms with Crippen LogP contribution in [0.25, 0.3) is 11.0 Å². The van der Waals surface area contributed by atoms with Crippen molar-refractivity contribution < 1.29 is 14.1 Å². The summed E-state index contributed by atoms with van der Waals surface area (Å²) in [5.74, 6) is -0.483. The molecule has 23 heavy (non-hydrogen) atoms. The molecule has 1 heterocycles. The van der Waals surface area contributed by atoms with Gasteiger partial charge in [-0.25, -0.2) is 5.43 Å². The van der Waals surface area contributed by atoms with Crippen molar-refractivity contribution in [1.82, 2.24) is 5.43 Å². The largest absolute Gasteiger partial charge is 0.437 e. The average molecular weight is 309 g/mol. The number of hydrogen-bond donors (Lipinski definition) is 1. The van der Waals surface area contributed by atoms with E-state index in [0.29, 0.717) is 5.58 Å². The number of hydrogen-bond acceptors (Lipinski definition) is 5. The molecule has 3 aromatic rings. The predicted molar refractivity (Wildman–Crippen MR) is 82.3 cm³/mol. The number of benzene rings is 2. The third-order valence-corrected chi connectivity index (χ3v) is 3.15. The lowest BCUT2D eigenvalue weighted by atomic mass is 10.2. The molecule has 0 spiro atoms. The summed E-state index contributed by atoms with van der Waals surface area (Å²) < 4.78 is 5.53. The molecule has 7 heteroatoms. The lowest BCUT2D eigenvalue weighted by molar-refractivity contribution is -0.384. The summed E-state index contributed by atoms with van der Waals surface area (Å²) in [4.78, 5) is 22.0. The molecule has 1 amide bonds. The number of rotatable bonds is 3. The van der Waals surface area contributed by atoms with Crippen molar-refractivity contribution in [2.24, 2.45) is 5.10 Å².